The van der Waals surface area contributed by atoms with Crippen molar-refractivity contribution in [2.75, 3.05) is 6.54 Å². The van der Waals surface area contributed by atoms with Gasteiger partial charge in [-0.1, -0.05) is 19.1 Å². The molecule has 5 heteroatoms. The van der Waals surface area contributed by atoms with Crippen molar-refractivity contribution in [2.24, 2.45) is 0 Å². The molecule has 0 atom stereocenters. The highest BCUT2D eigenvalue weighted by atomic mass is 32.1. The second-order valence-corrected chi connectivity index (χ2v) is 7.23. The van der Waals surface area contributed by atoms with Gasteiger partial charge < -0.3 is 9.47 Å². The quantitative estimate of drug-likeness (QED) is 0.386. The first kappa shape index (κ1) is 19.7. The summed E-state index contributed by atoms with van der Waals surface area (Å²) in [4.78, 5) is 15.6. The minimum absolute atomic E-state index is 0.153. The second kappa shape index (κ2) is 9.21. The lowest BCUT2D eigenvalue weighted by atomic mass is 10.1. The zero-order chi connectivity index (χ0) is 19.1. The number of aryl methyl sites for hydroxylation is 1. The first-order valence-electron chi connectivity index (χ1n) is 8.72. The van der Waals surface area contributed by atoms with E-state index in [0.717, 1.165) is 34.8 Å². The van der Waals surface area contributed by atoms with Gasteiger partial charge in [0.15, 0.2) is 0 Å². The van der Waals surface area contributed by atoms with Gasteiger partial charge in [0.2, 0.25) is 0 Å². The average molecular weight is 368 g/mol. The van der Waals surface area contributed by atoms with Crippen LogP contribution in [0.15, 0.2) is 41.8 Å². The summed E-state index contributed by atoms with van der Waals surface area (Å²) in [5.74, 6) is -0.263. The maximum atomic E-state index is 12.9. The molecule has 0 aliphatic rings. The number of carbonyl (C=O) groups is 1. The Morgan fingerprint density at radius 1 is 1.46 bits per heavy atom. The van der Waals surface area contributed by atoms with E-state index in [1.54, 1.807) is 28.4 Å². The van der Waals surface area contributed by atoms with E-state index in [1.165, 1.54) is 0 Å². The number of rotatable bonds is 8. The zero-order valence-electron chi connectivity index (χ0n) is 15.7. The van der Waals surface area contributed by atoms with E-state index in [4.69, 9.17) is 0 Å². The highest BCUT2D eigenvalue weighted by molar-refractivity contribution is 7.09. The third-order valence-electron chi connectivity index (χ3n) is 4.27. The number of hydrogen-bond donors (Lipinski definition) is 0. The van der Waals surface area contributed by atoms with Crippen molar-refractivity contribution in [3.8, 4) is 6.07 Å². The van der Waals surface area contributed by atoms with Crippen molar-refractivity contribution in [1.82, 2.24) is 9.47 Å². The lowest BCUT2D eigenvalue weighted by Gasteiger charge is -2.20. The van der Waals surface area contributed by atoms with Crippen LogP contribution in [0.3, 0.4) is 0 Å². The normalized spacial score (nSPS) is 11.2. The Morgan fingerprint density at radius 2 is 2.23 bits per heavy atom. The van der Waals surface area contributed by atoms with Gasteiger partial charge in [0, 0.05) is 29.4 Å². The Labute approximate surface area is 159 Å². The van der Waals surface area contributed by atoms with Gasteiger partial charge in [-0.15, -0.1) is 17.9 Å². The molecule has 0 radical (unpaired) electrons. The molecule has 4 nitrogen and oxygen atoms in total. The number of nitriles is 1. The second-order valence-electron chi connectivity index (χ2n) is 6.20. The molecule has 0 N–H and O–H groups in total. The van der Waals surface area contributed by atoms with Gasteiger partial charge in [-0.3, -0.25) is 4.79 Å². The Kier molecular flexibility index (Phi) is 6.99. The maximum absolute atomic E-state index is 12.9. The Balaban J connectivity index is 2.31. The molecule has 2 heterocycles. The summed E-state index contributed by atoms with van der Waals surface area (Å²) in [5.41, 5.74) is 3.30. The van der Waals surface area contributed by atoms with E-state index in [1.807, 2.05) is 30.5 Å². The van der Waals surface area contributed by atoms with Crippen molar-refractivity contribution in [3.63, 3.8) is 0 Å². The topological polar surface area (TPSA) is 49.0 Å². The minimum atomic E-state index is -0.263. The number of amides is 1. The van der Waals surface area contributed by atoms with Gasteiger partial charge in [-0.05, 0) is 49.4 Å². The highest BCUT2D eigenvalue weighted by Gasteiger charge is 2.19. The zero-order valence-corrected chi connectivity index (χ0v) is 16.5. The van der Waals surface area contributed by atoms with Crippen LogP contribution >= 0.6 is 11.3 Å². The predicted molar refractivity (Wildman–Crippen MR) is 108 cm³/mol. The van der Waals surface area contributed by atoms with Crippen LogP contribution in [0.1, 0.15) is 35.2 Å². The molecule has 2 aromatic heterocycles. The summed E-state index contributed by atoms with van der Waals surface area (Å²) in [6, 6.07) is 8.07. The fourth-order valence-electron chi connectivity index (χ4n) is 2.97. The molecule has 0 saturated carbocycles. The summed E-state index contributed by atoms with van der Waals surface area (Å²) >= 11 is 1.60. The largest absolute Gasteiger partial charge is 0.349 e. The standard InChI is InChI=1S/C21H25N3OS/c1-5-9-23(15-20-8-7-11-26-20)21(25)19(14-22)13-18-12-16(3)24(10-6-2)17(18)4/h5,7-8,11-13H,1,6,9-10,15H2,2-4H3/b19-13-. The molecule has 136 valence electrons. The van der Waals surface area contributed by atoms with Crippen molar-refractivity contribution in [3.05, 3.63) is 63.6 Å². The van der Waals surface area contributed by atoms with Gasteiger partial charge in [0.25, 0.3) is 5.91 Å². The van der Waals surface area contributed by atoms with E-state index < -0.39 is 0 Å². The van der Waals surface area contributed by atoms with Crippen LogP contribution in [0.2, 0.25) is 0 Å². The van der Waals surface area contributed by atoms with Crippen LogP contribution in [0.5, 0.6) is 0 Å². The SMILES string of the molecule is C=CCN(Cc1cccs1)C(=O)/C(C#N)=C\c1cc(C)n(CCC)c1C. The molecule has 26 heavy (non-hydrogen) atoms. The third kappa shape index (κ3) is 4.53. The molecule has 0 fully saturated rings. The lowest BCUT2D eigenvalue weighted by Crippen LogP contribution is -2.31. The highest BCUT2D eigenvalue weighted by Crippen LogP contribution is 2.20. The minimum Gasteiger partial charge on any atom is -0.349 e. The van der Waals surface area contributed by atoms with Crippen LogP contribution < -0.4 is 0 Å². The Bertz CT molecular complexity index is 837. The molecule has 0 aliphatic carbocycles. The van der Waals surface area contributed by atoms with Crippen molar-refractivity contribution >= 4 is 23.3 Å². The van der Waals surface area contributed by atoms with Crippen LogP contribution in [-0.2, 0) is 17.9 Å². The smallest absolute Gasteiger partial charge is 0.265 e. The number of carbonyl (C=O) groups excluding carboxylic acids is 1. The van der Waals surface area contributed by atoms with Crippen LogP contribution in [0.25, 0.3) is 6.08 Å². The third-order valence-corrected chi connectivity index (χ3v) is 5.14. The van der Waals surface area contributed by atoms with Crippen molar-refractivity contribution in [2.45, 2.75) is 40.3 Å². The van der Waals surface area contributed by atoms with Gasteiger partial charge in [-0.25, -0.2) is 0 Å². The van der Waals surface area contributed by atoms with Crippen molar-refractivity contribution < 1.29 is 4.79 Å². The Morgan fingerprint density at radius 3 is 2.81 bits per heavy atom. The first-order valence-corrected chi connectivity index (χ1v) is 9.60. The van der Waals surface area contributed by atoms with E-state index in [2.05, 4.69) is 31.1 Å². The average Bonchev–Trinajstić information content (AvgIpc) is 3.22. The van der Waals surface area contributed by atoms with E-state index in [0.29, 0.717) is 13.1 Å². The van der Waals surface area contributed by atoms with Crippen LogP contribution in [0, 0.1) is 25.2 Å². The number of aromatic nitrogens is 1. The van der Waals surface area contributed by atoms with E-state index >= 15 is 0 Å². The molecular weight excluding hydrogens is 342 g/mol. The molecule has 2 aromatic rings. The molecule has 2 rings (SSSR count). The lowest BCUT2D eigenvalue weighted by molar-refractivity contribution is -0.126. The molecular formula is C21H25N3OS. The molecule has 0 spiro atoms. The van der Waals surface area contributed by atoms with Gasteiger partial charge in [-0.2, -0.15) is 5.26 Å². The monoisotopic (exact) mass is 367 g/mol. The fraction of sp³-hybridized carbons (Fsp3) is 0.333. The summed E-state index contributed by atoms with van der Waals surface area (Å²) < 4.78 is 2.22. The van der Waals surface area contributed by atoms with Gasteiger partial charge in [0.05, 0.1) is 6.54 Å². The molecule has 0 bridgehead atoms. The number of hydrogen-bond acceptors (Lipinski definition) is 3. The maximum Gasteiger partial charge on any atom is 0.265 e. The summed E-state index contributed by atoms with van der Waals surface area (Å²) in [5, 5.41) is 11.6. The molecule has 0 aromatic carbocycles. The van der Waals surface area contributed by atoms with E-state index in [9.17, 15) is 10.1 Å². The molecule has 1 amide bonds. The van der Waals surface area contributed by atoms with E-state index in [-0.39, 0.29) is 11.5 Å². The van der Waals surface area contributed by atoms with Crippen LogP contribution in [0.4, 0.5) is 0 Å². The predicted octanol–water partition coefficient (Wildman–Crippen LogP) is 4.70. The fourth-order valence-corrected chi connectivity index (χ4v) is 3.69. The van der Waals surface area contributed by atoms with Gasteiger partial charge in [0.1, 0.15) is 11.6 Å². The molecule has 0 saturated heterocycles. The number of nitrogens with zero attached hydrogens (tertiary/aromatic N) is 3. The summed E-state index contributed by atoms with van der Waals surface area (Å²) in [7, 11) is 0. The van der Waals surface area contributed by atoms with Crippen molar-refractivity contribution in [1.29, 1.82) is 5.26 Å². The van der Waals surface area contributed by atoms with Crippen LogP contribution in [-0.4, -0.2) is 21.9 Å². The van der Waals surface area contributed by atoms with Gasteiger partial charge >= 0.3 is 0 Å². The summed E-state index contributed by atoms with van der Waals surface area (Å²) in [6.45, 7) is 11.8. The number of thiophene rings is 1. The molecule has 0 unspecified atom stereocenters. The first-order chi connectivity index (χ1) is 12.5. The summed E-state index contributed by atoms with van der Waals surface area (Å²) in [6.07, 6.45) is 4.44. The Hall–Kier alpha value is -2.58. The molecule has 0 aliphatic heterocycles.